The summed E-state index contributed by atoms with van der Waals surface area (Å²) in [6, 6.07) is 5.90. The summed E-state index contributed by atoms with van der Waals surface area (Å²) in [5, 5.41) is 4.00. The van der Waals surface area contributed by atoms with E-state index in [1.807, 2.05) is 22.6 Å². The predicted octanol–water partition coefficient (Wildman–Crippen LogP) is 3.02. The van der Waals surface area contributed by atoms with E-state index < -0.39 is 6.36 Å². The first kappa shape index (κ1) is 14.0. The van der Waals surface area contributed by atoms with Gasteiger partial charge in [-0.15, -0.1) is 13.2 Å². The third-order valence-electron chi connectivity index (χ3n) is 2.35. The number of hydrogen-bond donors (Lipinski definition) is 1. The summed E-state index contributed by atoms with van der Waals surface area (Å²) in [4.78, 5) is 0. The Morgan fingerprint density at radius 1 is 1.32 bits per heavy atom. The van der Waals surface area contributed by atoms with Crippen molar-refractivity contribution >= 4 is 28.4 Å². The molecule has 19 heavy (non-hydrogen) atoms. The zero-order chi connectivity index (χ0) is 14.0. The van der Waals surface area contributed by atoms with Crippen molar-refractivity contribution in [1.82, 2.24) is 9.78 Å². The van der Waals surface area contributed by atoms with Gasteiger partial charge >= 0.3 is 6.36 Å². The maximum absolute atomic E-state index is 12.3. The van der Waals surface area contributed by atoms with Crippen molar-refractivity contribution in [1.29, 1.82) is 0 Å². The van der Waals surface area contributed by atoms with Gasteiger partial charge in [-0.05, 0) is 28.7 Å². The molecule has 8 heteroatoms. The SMILES string of the molecule is Nc1c(I)cnn1Cc1ccccc1OC(F)(F)F. The van der Waals surface area contributed by atoms with Crippen LogP contribution >= 0.6 is 22.6 Å². The van der Waals surface area contributed by atoms with Crippen molar-refractivity contribution in [3.63, 3.8) is 0 Å². The minimum atomic E-state index is -4.72. The topological polar surface area (TPSA) is 53.1 Å². The number of nitrogen functional groups attached to an aromatic ring is 1. The Kier molecular flexibility index (Phi) is 3.88. The lowest BCUT2D eigenvalue weighted by Crippen LogP contribution is -2.18. The molecular weight excluding hydrogens is 374 g/mol. The molecule has 0 fully saturated rings. The van der Waals surface area contributed by atoms with E-state index in [-0.39, 0.29) is 12.3 Å². The lowest BCUT2D eigenvalue weighted by atomic mass is 10.2. The molecule has 1 aromatic heterocycles. The van der Waals surface area contributed by atoms with Gasteiger partial charge in [0, 0.05) is 5.56 Å². The number of hydrogen-bond acceptors (Lipinski definition) is 3. The Bertz CT molecular complexity index is 583. The molecule has 0 amide bonds. The molecule has 2 aromatic rings. The molecule has 102 valence electrons. The maximum atomic E-state index is 12.3. The smallest absolute Gasteiger partial charge is 0.405 e. The van der Waals surface area contributed by atoms with Crippen molar-refractivity contribution in [2.75, 3.05) is 5.73 Å². The quantitative estimate of drug-likeness (QED) is 0.830. The maximum Gasteiger partial charge on any atom is 0.573 e. The van der Waals surface area contributed by atoms with Gasteiger partial charge in [0.25, 0.3) is 0 Å². The van der Waals surface area contributed by atoms with Gasteiger partial charge in [-0.25, -0.2) is 4.68 Å². The van der Waals surface area contributed by atoms with Crippen molar-refractivity contribution in [3.8, 4) is 5.75 Å². The van der Waals surface area contributed by atoms with Crippen LogP contribution < -0.4 is 10.5 Å². The highest BCUT2D eigenvalue weighted by Crippen LogP contribution is 2.27. The largest absolute Gasteiger partial charge is 0.573 e. The molecule has 2 N–H and O–H groups in total. The lowest BCUT2D eigenvalue weighted by molar-refractivity contribution is -0.274. The summed E-state index contributed by atoms with van der Waals surface area (Å²) in [6.07, 6.45) is -3.18. The molecule has 0 aliphatic rings. The summed E-state index contributed by atoms with van der Waals surface area (Å²) in [5.41, 5.74) is 6.11. The van der Waals surface area contributed by atoms with Crippen LogP contribution in [0.2, 0.25) is 0 Å². The summed E-state index contributed by atoms with van der Waals surface area (Å²) in [6.45, 7) is 0.112. The van der Waals surface area contributed by atoms with Crippen molar-refractivity contribution in [2.24, 2.45) is 0 Å². The molecule has 0 aliphatic carbocycles. The van der Waals surface area contributed by atoms with Crippen molar-refractivity contribution < 1.29 is 17.9 Å². The van der Waals surface area contributed by atoms with Gasteiger partial charge < -0.3 is 10.5 Å². The van der Waals surface area contributed by atoms with Crippen LogP contribution in [0.4, 0.5) is 19.0 Å². The van der Waals surface area contributed by atoms with Crippen LogP contribution in [0.1, 0.15) is 5.56 Å². The van der Waals surface area contributed by atoms with Gasteiger partial charge in [0.05, 0.1) is 16.3 Å². The number of nitrogens with zero attached hydrogens (tertiary/aromatic N) is 2. The fourth-order valence-corrected chi connectivity index (χ4v) is 1.92. The molecule has 0 aliphatic heterocycles. The Morgan fingerprint density at radius 3 is 2.58 bits per heavy atom. The second-order valence-corrected chi connectivity index (χ2v) is 4.85. The summed E-state index contributed by atoms with van der Waals surface area (Å²) in [7, 11) is 0. The van der Waals surface area contributed by atoms with Crippen LogP contribution in [0.3, 0.4) is 0 Å². The fraction of sp³-hybridized carbons (Fsp3) is 0.182. The number of aromatic nitrogens is 2. The lowest BCUT2D eigenvalue weighted by Gasteiger charge is -2.13. The molecule has 0 spiro atoms. The highest BCUT2D eigenvalue weighted by atomic mass is 127. The third-order valence-corrected chi connectivity index (χ3v) is 3.18. The van der Waals surface area contributed by atoms with E-state index in [1.165, 1.54) is 22.9 Å². The van der Waals surface area contributed by atoms with Crippen molar-refractivity contribution in [3.05, 3.63) is 39.6 Å². The number of halogens is 4. The van der Waals surface area contributed by atoms with Gasteiger partial charge in [-0.3, -0.25) is 0 Å². The second-order valence-electron chi connectivity index (χ2n) is 3.69. The molecule has 0 saturated carbocycles. The minimum Gasteiger partial charge on any atom is -0.405 e. The first-order valence-electron chi connectivity index (χ1n) is 5.17. The number of anilines is 1. The van der Waals surface area contributed by atoms with Gasteiger partial charge in [-0.2, -0.15) is 5.10 Å². The molecule has 1 aromatic carbocycles. The molecule has 1 heterocycles. The highest BCUT2D eigenvalue weighted by molar-refractivity contribution is 14.1. The molecule has 0 bridgehead atoms. The normalized spacial score (nSPS) is 11.6. The summed E-state index contributed by atoms with van der Waals surface area (Å²) in [5.74, 6) is 0.155. The molecule has 0 radical (unpaired) electrons. The molecule has 0 atom stereocenters. The Balaban J connectivity index is 2.28. The molecule has 2 rings (SSSR count). The number of nitrogens with two attached hydrogens (primary N) is 1. The zero-order valence-corrected chi connectivity index (χ0v) is 11.6. The van der Waals surface area contributed by atoms with Crippen LogP contribution in [-0.2, 0) is 6.54 Å². The van der Waals surface area contributed by atoms with Gasteiger partial charge in [0.15, 0.2) is 0 Å². The molecule has 0 saturated heterocycles. The summed E-state index contributed by atoms with van der Waals surface area (Å²) < 4.78 is 42.9. The van der Waals surface area contributed by atoms with E-state index in [1.54, 1.807) is 12.3 Å². The monoisotopic (exact) mass is 383 g/mol. The van der Waals surface area contributed by atoms with E-state index >= 15 is 0 Å². The Labute approximate surface area is 120 Å². The predicted molar refractivity (Wildman–Crippen MR) is 71.6 cm³/mol. The van der Waals surface area contributed by atoms with Crippen LogP contribution in [0, 0.1) is 3.57 Å². The summed E-state index contributed by atoms with van der Waals surface area (Å²) >= 11 is 2.00. The first-order chi connectivity index (χ1) is 8.87. The number of ether oxygens (including phenoxy) is 1. The van der Waals surface area contributed by atoms with Crippen LogP contribution in [-0.4, -0.2) is 16.1 Å². The van der Waals surface area contributed by atoms with Crippen LogP contribution in [0.5, 0.6) is 5.75 Å². The second kappa shape index (κ2) is 5.27. The average molecular weight is 383 g/mol. The standard InChI is InChI=1S/C11H9F3IN3O/c12-11(13,14)19-9-4-2-1-3-7(9)6-18-10(16)8(15)5-17-18/h1-5H,6,16H2. The number of rotatable bonds is 3. The van der Waals surface area contributed by atoms with Gasteiger partial charge in [-0.1, -0.05) is 18.2 Å². The minimum absolute atomic E-state index is 0.112. The van der Waals surface area contributed by atoms with E-state index in [4.69, 9.17) is 5.73 Å². The Morgan fingerprint density at radius 2 is 2.00 bits per heavy atom. The Hall–Kier alpha value is -1.45. The highest BCUT2D eigenvalue weighted by Gasteiger charge is 2.32. The van der Waals surface area contributed by atoms with E-state index in [0.717, 1.165) is 3.57 Å². The van der Waals surface area contributed by atoms with Crippen molar-refractivity contribution in [2.45, 2.75) is 12.9 Å². The zero-order valence-electron chi connectivity index (χ0n) is 9.49. The van der Waals surface area contributed by atoms with Gasteiger partial charge in [0.1, 0.15) is 11.6 Å². The first-order valence-corrected chi connectivity index (χ1v) is 6.25. The van der Waals surface area contributed by atoms with E-state index in [2.05, 4.69) is 9.84 Å². The molecule has 0 unspecified atom stereocenters. The fourth-order valence-electron chi connectivity index (χ4n) is 1.52. The van der Waals surface area contributed by atoms with Crippen LogP contribution in [0.25, 0.3) is 0 Å². The number of benzene rings is 1. The third kappa shape index (κ3) is 3.52. The van der Waals surface area contributed by atoms with E-state index in [0.29, 0.717) is 11.4 Å². The van der Waals surface area contributed by atoms with Gasteiger partial charge in [0.2, 0.25) is 0 Å². The van der Waals surface area contributed by atoms with E-state index in [9.17, 15) is 13.2 Å². The number of para-hydroxylation sites is 1. The van der Waals surface area contributed by atoms with Crippen LogP contribution in [0.15, 0.2) is 30.5 Å². The average Bonchev–Trinajstić information content (AvgIpc) is 2.62. The molecule has 4 nitrogen and oxygen atoms in total. The number of alkyl halides is 3. The molecular formula is C11H9F3IN3O.